The van der Waals surface area contributed by atoms with Gasteiger partial charge in [-0.2, -0.15) is 0 Å². The van der Waals surface area contributed by atoms with Crippen LogP contribution in [-0.2, 0) is 23.8 Å². The van der Waals surface area contributed by atoms with Gasteiger partial charge in [0.2, 0.25) is 0 Å². The van der Waals surface area contributed by atoms with Crippen molar-refractivity contribution in [2.24, 2.45) is 23.5 Å². The normalized spacial score (nSPS) is 31.3. The Labute approximate surface area is 216 Å². The van der Waals surface area contributed by atoms with Crippen LogP contribution in [0, 0.1) is 17.8 Å². The number of nitrogens with one attached hydrogen (secondary N) is 1. The zero-order chi connectivity index (χ0) is 26.7. The van der Waals surface area contributed by atoms with E-state index in [2.05, 4.69) is 5.32 Å². The van der Waals surface area contributed by atoms with Gasteiger partial charge in [-0.25, -0.2) is 0 Å². The molecule has 6 unspecified atom stereocenters. The van der Waals surface area contributed by atoms with E-state index in [1.165, 1.54) is 13.8 Å². The molecule has 210 valence electrons. The molecular formula is C27H50N2O7. The van der Waals surface area contributed by atoms with E-state index in [-0.39, 0.29) is 36.2 Å². The Morgan fingerprint density at radius 1 is 1.03 bits per heavy atom. The number of ether oxygens (including phenoxy) is 3. The van der Waals surface area contributed by atoms with Crippen LogP contribution >= 0.6 is 0 Å². The van der Waals surface area contributed by atoms with Gasteiger partial charge in [0.1, 0.15) is 12.2 Å². The quantitative estimate of drug-likeness (QED) is 0.257. The lowest BCUT2D eigenvalue weighted by molar-refractivity contribution is -0.153. The number of nitrogens with two attached hydrogens (primary N) is 1. The van der Waals surface area contributed by atoms with Gasteiger partial charge in [-0.3, -0.25) is 9.59 Å². The van der Waals surface area contributed by atoms with Crippen molar-refractivity contribution in [1.29, 1.82) is 0 Å². The first kappa shape index (κ1) is 31.0. The first-order valence-electron chi connectivity index (χ1n) is 13.8. The lowest BCUT2D eigenvalue weighted by Gasteiger charge is -2.41. The highest BCUT2D eigenvalue weighted by Gasteiger charge is 2.38. The summed E-state index contributed by atoms with van der Waals surface area (Å²) in [5, 5.41) is 24.2. The van der Waals surface area contributed by atoms with Gasteiger partial charge in [0.05, 0.1) is 24.5 Å². The molecule has 0 aromatic rings. The Morgan fingerprint density at radius 2 is 1.69 bits per heavy atom. The number of aliphatic hydroxyl groups excluding tert-OH is 2. The number of carbonyl (C=O) groups is 2. The first-order chi connectivity index (χ1) is 17.1. The molecule has 1 aliphatic carbocycles. The zero-order valence-corrected chi connectivity index (χ0v) is 22.7. The van der Waals surface area contributed by atoms with Crippen molar-refractivity contribution in [2.75, 3.05) is 13.7 Å². The fourth-order valence-corrected chi connectivity index (χ4v) is 6.03. The molecule has 0 amide bonds. The molecule has 1 saturated heterocycles. The lowest BCUT2D eigenvalue weighted by Crippen LogP contribution is -2.47. The third-order valence-electron chi connectivity index (χ3n) is 7.93. The molecule has 0 aromatic carbocycles. The molecule has 0 radical (unpaired) electrons. The van der Waals surface area contributed by atoms with Gasteiger partial charge in [0.25, 0.3) is 0 Å². The third-order valence-corrected chi connectivity index (χ3v) is 7.93. The summed E-state index contributed by atoms with van der Waals surface area (Å²) in [5.41, 5.74) is 6.10. The highest BCUT2D eigenvalue weighted by Crippen LogP contribution is 2.39. The summed E-state index contributed by atoms with van der Waals surface area (Å²) in [5.74, 6) is 0.252. The number of aliphatic hydroxyl groups is 2. The highest BCUT2D eigenvalue weighted by atomic mass is 16.6. The van der Waals surface area contributed by atoms with Crippen LogP contribution in [0.15, 0.2) is 0 Å². The van der Waals surface area contributed by atoms with Crippen LogP contribution in [-0.4, -0.2) is 72.5 Å². The number of piperidine rings is 1. The molecule has 2 rings (SSSR count). The predicted molar refractivity (Wildman–Crippen MR) is 137 cm³/mol. The van der Waals surface area contributed by atoms with Crippen molar-refractivity contribution in [3.63, 3.8) is 0 Å². The fraction of sp³-hybridized carbons (Fsp3) is 0.926. The Morgan fingerprint density at radius 3 is 2.28 bits per heavy atom. The van der Waals surface area contributed by atoms with Gasteiger partial charge < -0.3 is 35.5 Å². The van der Waals surface area contributed by atoms with Crippen molar-refractivity contribution in [3.05, 3.63) is 0 Å². The van der Waals surface area contributed by atoms with Gasteiger partial charge in [-0.15, -0.1) is 0 Å². The van der Waals surface area contributed by atoms with E-state index in [0.29, 0.717) is 43.9 Å². The number of methoxy groups -OCH3 is 1. The molecule has 2 aliphatic rings. The number of rotatable bonds is 14. The third kappa shape index (κ3) is 11.0. The number of hydrogen-bond acceptors (Lipinski definition) is 9. The molecule has 0 aromatic heterocycles. The summed E-state index contributed by atoms with van der Waals surface area (Å²) in [6.45, 7) is 5.59. The van der Waals surface area contributed by atoms with Crippen LogP contribution in [0.4, 0.5) is 0 Å². The second kappa shape index (κ2) is 15.9. The van der Waals surface area contributed by atoms with Crippen LogP contribution in [0.5, 0.6) is 0 Å². The van der Waals surface area contributed by atoms with Crippen LogP contribution in [0.25, 0.3) is 0 Å². The largest absolute Gasteiger partial charge is 0.462 e. The van der Waals surface area contributed by atoms with Crippen molar-refractivity contribution in [3.8, 4) is 0 Å². The van der Waals surface area contributed by atoms with E-state index < -0.39 is 18.3 Å². The van der Waals surface area contributed by atoms with Crippen molar-refractivity contribution < 1.29 is 34.0 Å². The molecule has 36 heavy (non-hydrogen) atoms. The van der Waals surface area contributed by atoms with E-state index in [1.54, 1.807) is 7.11 Å². The Kier molecular flexibility index (Phi) is 13.6. The summed E-state index contributed by atoms with van der Waals surface area (Å²) in [6.07, 6.45) is 6.27. The van der Waals surface area contributed by atoms with E-state index in [4.69, 9.17) is 19.9 Å². The minimum atomic E-state index is -0.486. The molecular weight excluding hydrogens is 464 g/mol. The van der Waals surface area contributed by atoms with Gasteiger partial charge in [-0.05, 0) is 88.5 Å². The van der Waals surface area contributed by atoms with E-state index in [9.17, 15) is 19.8 Å². The van der Waals surface area contributed by atoms with Crippen LogP contribution in [0.1, 0.15) is 91.4 Å². The summed E-state index contributed by atoms with van der Waals surface area (Å²) in [7, 11) is 1.66. The van der Waals surface area contributed by atoms with E-state index in [0.717, 1.165) is 45.1 Å². The van der Waals surface area contributed by atoms with Crippen LogP contribution in [0.3, 0.4) is 0 Å². The van der Waals surface area contributed by atoms with Crippen molar-refractivity contribution in [1.82, 2.24) is 5.32 Å². The van der Waals surface area contributed by atoms with E-state index >= 15 is 0 Å². The molecule has 1 aliphatic heterocycles. The average Bonchev–Trinajstić information content (AvgIpc) is 2.81. The topological polar surface area (TPSA) is 140 Å². The molecule has 2 fully saturated rings. The maximum atomic E-state index is 11.8. The average molecular weight is 515 g/mol. The molecule has 1 saturated carbocycles. The second-order valence-electron chi connectivity index (χ2n) is 11.0. The molecule has 0 bridgehead atoms. The molecule has 0 spiro atoms. The molecule has 9 atom stereocenters. The summed E-state index contributed by atoms with van der Waals surface area (Å²) in [6, 6.07) is 0. The number of esters is 2. The van der Waals surface area contributed by atoms with Crippen molar-refractivity contribution in [2.45, 2.75) is 128 Å². The summed E-state index contributed by atoms with van der Waals surface area (Å²) >= 11 is 0. The highest BCUT2D eigenvalue weighted by molar-refractivity contribution is 5.66. The first-order valence-corrected chi connectivity index (χ1v) is 13.8. The molecule has 9 heteroatoms. The Hall–Kier alpha value is -1.26. The Balaban J connectivity index is 1.99. The summed E-state index contributed by atoms with van der Waals surface area (Å²) < 4.78 is 16.8. The zero-order valence-electron chi connectivity index (χ0n) is 22.7. The minimum absolute atomic E-state index is 0.0200. The standard InChI is InChI=1S/C27H50N2O7/c1-5-22(32)7-9-24(36-18(3)31)16-23(35-17(2)30)8-6-19-12-21(27(33)25(14-19)34-4)13-20-10-11-29-26(28)15-20/h19-27,29,32-33H,5-16,28H2,1-4H3/t19?,20?,21?,22-,23+,24-,25?,26?,27?/m0/s1. The molecule has 9 nitrogen and oxygen atoms in total. The Bertz CT molecular complexity index is 664. The maximum absolute atomic E-state index is 11.8. The number of hydrogen-bond donors (Lipinski definition) is 4. The smallest absolute Gasteiger partial charge is 0.302 e. The van der Waals surface area contributed by atoms with Crippen LogP contribution in [0.2, 0.25) is 0 Å². The molecule has 1 heterocycles. The van der Waals surface area contributed by atoms with Crippen molar-refractivity contribution >= 4 is 11.9 Å². The maximum Gasteiger partial charge on any atom is 0.302 e. The van der Waals surface area contributed by atoms with Crippen LogP contribution < -0.4 is 11.1 Å². The van der Waals surface area contributed by atoms with Gasteiger partial charge >= 0.3 is 11.9 Å². The minimum Gasteiger partial charge on any atom is -0.462 e. The van der Waals surface area contributed by atoms with Gasteiger partial charge in [-0.1, -0.05) is 6.92 Å². The predicted octanol–water partition coefficient (Wildman–Crippen LogP) is 2.65. The number of carbonyl (C=O) groups excluding carboxylic acids is 2. The summed E-state index contributed by atoms with van der Waals surface area (Å²) in [4.78, 5) is 23.5. The van der Waals surface area contributed by atoms with E-state index in [1.807, 2.05) is 6.92 Å². The fourth-order valence-electron chi connectivity index (χ4n) is 6.03. The molecule has 5 N–H and O–H groups in total. The lowest BCUT2D eigenvalue weighted by atomic mass is 9.71. The monoisotopic (exact) mass is 514 g/mol. The van der Waals surface area contributed by atoms with Gasteiger partial charge in [0.15, 0.2) is 0 Å². The van der Waals surface area contributed by atoms with Gasteiger partial charge in [0, 0.05) is 27.4 Å². The SMILES string of the molecule is CC[C@H](O)CC[C@@H](C[C@@H](CCC1CC(CC2CCNC(N)C2)C(O)C(OC)C1)OC(C)=O)OC(C)=O. The second-order valence-corrected chi connectivity index (χ2v) is 11.0.